The summed E-state index contributed by atoms with van der Waals surface area (Å²) >= 11 is 0. The second-order valence-electron chi connectivity index (χ2n) is 6.77. The standard InChI is InChI=1S/C15H17F3N2O4S/c1-14(2)6-10-5-11(3-4-12(10)24-14)25(22,23)20-7-13(21)19(9-20)8-15(16,17)18/h3-5H,6-9H2,1-2H3. The lowest BCUT2D eigenvalue weighted by Gasteiger charge is -2.19. The van der Waals surface area contributed by atoms with E-state index in [1.54, 1.807) is 0 Å². The van der Waals surface area contributed by atoms with E-state index in [2.05, 4.69) is 0 Å². The summed E-state index contributed by atoms with van der Waals surface area (Å²) in [5, 5.41) is 0. The molecule has 1 amide bonds. The van der Waals surface area contributed by atoms with Crippen molar-refractivity contribution in [3.63, 3.8) is 0 Å². The van der Waals surface area contributed by atoms with Gasteiger partial charge in [-0.05, 0) is 37.6 Å². The Bertz CT molecular complexity index is 821. The fraction of sp³-hybridized carbons (Fsp3) is 0.533. The fourth-order valence-corrected chi connectivity index (χ4v) is 4.38. The number of amides is 1. The van der Waals surface area contributed by atoms with Crippen molar-refractivity contribution in [2.75, 3.05) is 19.8 Å². The Morgan fingerprint density at radius 3 is 2.60 bits per heavy atom. The van der Waals surface area contributed by atoms with Gasteiger partial charge in [0.15, 0.2) is 0 Å². The van der Waals surface area contributed by atoms with Crippen LogP contribution in [0.3, 0.4) is 0 Å². The Balaban J connectivity index is 1.83. The number of hydrogen-bond acceptors (Lipinski definition) is 4. The van der Waals surface area contributed by atoms with E-state index in [-0.39, 0.29) is 4.90 Å². The molecule has 1 aromatic rings. The predicted molar refractivity (Wildman–Crippen MR) is 81.4 cm³/mol. The molecule has 0 saturated carbocycles. The first kappa shape index (κ1) is 18.0. The van der Waals surface area contributed by atoms with Gasteiger partial charge in [-0.1, -0.05) is 0 Å². The topological polar surface area (TPSA) is 66.9 Å². The molecule has 0 aromatic heterocycles. The zero-order valence-electron chi connectivity index (χ0n) is 13.6. The van der Waals surface area contributed by atoms with Crippen LogP contribution in [0.4, 0.5) is 13.2 Å². The molecule has 1 fully saturated rings. The fourth-order valence-electron chi connectivity index (χ4n) is 2.98. The molecular weight excluding hydrogens is 361 g/mol. The number of alkyl halides is 3. The van der Waals surface area contributed by atoms with Gasteiger partial charge in [0, 0.05) is 6.42 Å². The van der Waals surface area contributed by atoms with Gasteiger partial charge in [-0.15, -0.1) is 0 Å². The smallest absolute Gasteiger partial charge is 0.406 e. The zero-order valence-corrected chi connectivity index (χ0v) is 14.4. The van der Waals surface area contributed by atoms with Crippen LogP contribution in [0.5, 0.6) is 5.75 Å². The summed E-state index contributed by atoms with van der Waals surface area (Å²) in [6.45, 7) is 1.06. The third kappa shape index (κ3) is 3.59. The lowest BCUT2D eigenvalue weighted by Crippen LogP contribution is -2.37. The molecule has 0 aliphatic carbocycles. The molecule has 0 N–H and O–H groups in total. The molecule has 2 aliphatic rings. The number of hydrogen-bond donors (Lipinski definition) is 0. The summed E-state index contributed by atoms with van der Waals surface area (Å²) in [6, 6.07) is 4.32. The first-order chi connectivity index (χ1) is 11.4. The maximum absolute atomic E-state index is 12.7. The van der Waals surface area contributed by atoms with Crippen LogP contribution in [0, 0.1) is 0 Å². The SMILES string of the molecule is CC1(C)Cc2cc(S(=O)(=O)N3CC(=O)N(CC(F)(F)F)C3)ccc2O1. The van der Waals surface area contributed by atoms with Gasteiger partial charge >= 0.3 is 6.18 Å². The highest BCUT2D eigenvalue weighted by molar-refractivity contribution is 7.89. The molecule has 2 heterocycles. The number of rotatable bonds is 3. The number of nitrogens with zero attached hydrogens (tertiary/aromatic N) is 2. The molecular formula is C15H17F3N2O4S. The van der Waals surface area contributed by atoms with Crippen molar-refractivity contribution < 1.29 is 31.1 Å². The molecule has 0 radical (unpaired) electrons. The van der Waals surface area contributed by atoms with E-state index in [9.17, 15) is 26.4 Å². The number of fused-ring (bicyclic) bond motifs is 1. The van der Waals surface area contributed by atoms with Crippen molar-refractivity contribution in [2.45, 2.75) is 36.9 Å². The quantitative estimate of drug-likeness (QED) is 0.804. The summed E-state index contributed by atoms with van der Waals surface area (Å²) in [7, 11) is -4.07. The van der Waals surface area contributed by atoms with E-state index in [0.717, 1.165) is 4.31 Å². The van der Waals surface area contributed by atoms with E-state index >= 15 is 0 Å². The number of carbonyl (C=O) groups excluding carboxylic acids is 1. The van der Waals surface area contributed by atoms with Gasteiger partial charge in [-0.2, -0.15) is 17.5 Å². The Morgan fingerprint density at radius 2 is 1.96 bits per heavy atom. The van der Waals surface area contributed by atoms with E-state index in [4.69, 9.17) is 4.74 Å². The van der Waals surface area contributed by atoms with Gasteiger partial charge < -0.3 is 9.64 Å². The Morgan fingerprint density at radius 1 is 1.28 bits per heavy atom. The maximum atomic E-state index is 12.7. The Labute approximate surface area is 143 Å². The average molecular weight is 378 g/mol. The van der Waals surface area contributed by atoms with E-state index in [0.29, 0.717) is 22.6 Å². The second-order valence-corrected chi connectivity index (χ2v) is 8.71. The summed E-state index contributed by atoms with van der Waals surface area (Å²) in [4.78, 5) is 12.1. The molecule has 0 bridgehead atoms. The lowest BCUT2D eigenvalue weighted by atomic mass is 10.0. The molecule has 6 nitrogen and oxygen atoms in total. The van der Waals surface area contributed by atoms with E-state index in [1.807, 2.05) is 13.8 Å². The van der Waals surface area contributed by atoms with Crippen molar-refractivity contribution in [1.82, 2.24) is 9.21 Å². The molecule has 1 saturated heterocycles. The molecule has 10 heteroatoms. The minimum absolute atomic E-state index is 0.0609. The maximum Gasteiger partial charge on any atom is 0.406 e. The number of sulfonamides is 1. The predicted octanol–water partition coefficient (Wildman–Crippen LogP) is 1.75. The minimum Gasteiger partial charge on any atom is -0.487 e. The number of benzene rings is 1. The summed E-state index contributed by atoms with van der Waals surface area (Å²) < 4.78 is 69.2. The summed E-state index contributed by atoms with van der Waals surface area (Å²) in [6.07, 6.45) is -4.06. The number of halogens is 3. The van der Waals surface area contributed by atoms with Gasteiger partial charge in [0.05, 0.1) is 18.1 Å². The van der Waals surface area contributed by atoms with Gasteiger partial charge in [0.25, 0.3) is 0 Å². The summed E-state index contributed by atoms with van der Waals surface area (Å²) in [5.74, 6) is -0.285. The largest absolute Gasteiger partial charge is 0.487 e. The zero-order chi connectivity index (χ0) is 18.6. The highest BCUT2D eigenvalue weighted by Crippen LogP contribution is 2.36. The lowest BCUT2D eigenvalue weighted by molar-refractivity contribution is -0.157. The molecule has 1 aromatic carbocycles. The molecule has 0 atom stereocenters. The minimum atomic E-state index is -4.58. The molecule has 2 aliphatic heterocycles. The third-order valence-electron chi connectivity index (χ3n) is 4.04. The monoisotopic (exact) mass is 378 g/mol. The van der Waals surface area contributed by atoms with Gasteiger partial charge in [-0.25, -0.2) is 8.42 Å². The van der Waals surface area contributed by atoms with Crippen LogP contribution in [-0.2, 0) is 21.2 Å². The highest BCUT2D eigenvalue weighted by atomic mass is 32.2. The third-order valence-corrected chi connectivity index (χ3v) is 5.81. The first-order valence-corrected chi connectivity index (χ1v) is 8.98. The van der Waals surface area contributed by atoms with Crippen LogP contribution < -0.4 is 4.74 Å². The van der Waals surface area contributed by atoms with E-state index in [1.165, 1.54) is 18.2 Å². The van der Waals surface area contributed by atoms with Crippen molar-refractivity contribution in [3.8, 4) is 5.75 Å². The second kappa shape index (κ2) is 5.60. The normalized spacial score (nSPS) is 20.7. The van der Waals surface area contributed by atoms with Crippen LogP contribution in [-0.4, -0.2) is 55.1 Å². The molecule has 25 heavy (non-hydrogen) atoms. The van der Waals surface area contributed by atoms with Gasteiger partial charge in [-0.3, -0.25) is 4.79 Å². The Kier molecular flexibility index (Phi) is 4.03. The van der Waals surface area contributed by atoms with Crippen LogP contribution in [0.25, 0.3) is 0 Å². The van der Waals surface area contributed by atoms with Crippen molar-refractivity contribution in [2.24, 2.45) is 0 Å². The van der Waals surface area contributed by atoms with E-state index < -0.39 is 47.5 Å². The van der Waals surface area contributed by atoms with Crippen molar-refractivity contribution in [1.29, 1.82) is 0 Å². The van der Waals surface area contributed by atoms with Gasteiger partial charge in [0.2, 0.25) is 15.9 Å². The van der Waals surface area contributed by atoms with Crippen LogP contribution in [0.15, 0.2) is 23.1 Å². The molecule has 0 unspecified atom stereocenters. The van der Waals surface area contributed by atoms with Crippen molar-refractivity contribution in [3.05, 3.63) is 23.8 Å². The number of carbonyl (C=O) groups is 1. The molecule has 138 valence electrons. The Hall–Kier alpha value is -1.81. The molecule has 3 rings (SSSR count). The van der Waals surface area contributed by atoms with Crippen LogP contribution >= 0.6 is 0 Å². The molecule has 0 spiro atoms. The van der Waals surface area contributed by atoms with Crippen molar-refractivity contribution >= 4 is 15.9 Å². The highest BCUT2D eigenvalue weighted by Gasteiger charge is 2.42. The van der Waals surface area contributed by atoms with Crippen LogP contribution in [0.2, 0.25) is 0 Å². The number of ether oxygens (including phenoxy) is 1. The average Bonchev–Trinajstić information content (AvgIpc) is 2.95. The summed E-state index contributed by atoms with van der Waals surface area (Å²) in [5.41, 5.74) is 0.265. The first-order valence-electron chi connectivity index (χ1n) is 7.54. The van der Waals surface area contributed by atoms with Gasteiger partial charge in [0.1, 0.15) is 17.9 Å². The van der Waals surface area contributed by atoms with Crippen LogP contribution in [0.1, 0.15) is 19.4 Å².